The van der Waals surface area contributed by atoms with Crippen molar-refractivity contribution in [3.63, 3.8) is 0 Å². The molecule has 0 amide bonds. The fourth-order valence-electron chi connectivity index (χ4n) is 10.1. The Labute approximate surface area is 392 Å². The van der Waals surface area contributed by atoms with E-state index in [1.54, 1.807) is 0 Å². The first kappa shape index (κ1) is 34.9. The molecule has 0 aliphatic heterocycles. The number of hydrogen-bond acceptors (Lipinski definition) is 1. The molecule has 12 rings (SSSR count). The Morgan fingerprint density at radius 1 is 0.303 bits per heavy atom. The number of anilines is 3. The van der Waals surface area contributed by atoms with Crippen molar-refractivity contribution in [2.45, 2.75) is 5.41 Å². The van der Waals surface area contributed by atoms with Crippen molar-refractivity contribution >= 4 is 27.8 Å². The van der Waals surface area contributed by atoms with E-state index >= 15 is 0 Å². The lowest BCUT2D eigenvalue weighted by Gasteiger charge is -2.34. The minimum atomic E-state index is -0.696. The fourth-order valence-corrected chi connectivity index (χ4v) is 10.1. The number of hydrogen-bond donors (Lipinski definition) is 0. The van der Waals surface area contributed by atoms with Crippen LogP contribution in [0.1, 0.15) is 27.7 Å². The molecule has 11 aromatic carbocycles. The zero-order chi connectivity index (χ0) is 47.3. The van der Waals surface area contributed by atoms with Crippen LogP contribution < -0.4 is 4.90 Å². The van der Waals surface area contributed by atoms with Crippen molar-refractivity contribution in [1.29, 1.82) is 0 Å². The molecule has 0 atom stereocenters. The van der Waals surface area contributed by atoms with E-state index in [1.807, 2.05) is 59.5 Å². The molecule has 11 aromatic rings. The van der Waals surface area contributed by atoms with Crippen LogP contribution in [0.3, 0.4) is 0 Å². The van der Waals surface area contributed by atoms with E-state index in [2.05, 4.69) is 194 Å². The molecule has 1 aliphatic rings. The average Bonchev–Trinajstić information content (AvgIpc) is 3.74. The zero-order valence-corrected chi connectivity index (χ0v) is 36.1. The summed E-state index contributed by atoms with van der Waals surface area (Å²) in [5.41, 5.74) is 14.5. The first-order valence-electron chi connectivity index (χ1n) is 24.5. The second-order valence-electron chi connectivity index (χ2n) is 16.9. The minimum absolute atomic E-state index is 0.109. The van der Waals surface area contributed by atoms with Gasteiger partial charge in [-0.3, -0.25) is 0 Å². The van der Waals surface area contributed by atoms with Gasteiger partial charge in [0.2, 0.25) is 0 Å². The molecule has 0 heterocycles. The first-order chi connectivity index (χ1) is 34.4. The van der Waals surface area contributed by atoms with Gasteiger partial charge < -0.3 is 4.90 Å². The summed E-state index contributed by atoms with van der Waals surface area (Å²) in [5.74, 6) is 0. The van der Waals surface area contributed by atoms with Crippen LogP contribution in [0, 0.1) is 0 Å². The number of rotatable bonds is 9. The Morgan fingerprint density at radius 3 is 1.44 bits per heavy atom. The third-order valence-corrected chi connectivity index (χ3v) is 13.2. The van der Waals surface area contributed by atoms with Gasteiger partial charge in [-0.2, -0.15) is 0 Å². The third-order valence-electron chi connectivity index (χ3n) is 13.2. The Kier molecular flexibility index (Phi) is 8.75. The zero-order valence-electron chi connectivity index (χ0n) is 40.1. The van der Waals surface area contributed by atoms with Crippen molar-refractivity contribution in [3.05, 3.63) is 295 Å². The molecule has 1 nitrogen and oxygen atoms in total. The van der Waals surface area contributed by atoms with Crippen LogP contribution in [0.5, 0.6) is 0 Å². The van der Waals surface area contributed by atoms with E-state index < -0.39 is 5.41 Å². The standard InChI is InChI=1S/C65H45N/c1-4-17-46(18-5-1)51-21-14-22-52(43-51)48-35-39-58(40-36-48)66(59-41-37-49(38-42-59)53-23-15-24-54(44-53)55-34-33-47-19-10-11-20-50(47)45-55)63-32-16-31-62-64(63)60-29-12-13-30-61(60)65(62,56-25-6-2-7-26-56)57-27-8-3-9-28-57/h1-45H/i37D,38D,41D,42D. The average molecular weight is 844 g/mol. The highest BCUT2D eigenvalue weighted by Crippen LogP contribution is 2.59. The molecule has 1 heteroatoms. The summed E-state index contributed by atoms with van der Waals surface area (Å²) >= 11 is 0. The highest BCUT2D eigenvalue weighted by Gasteiger charge is 2.47. The summed E-state index contributed by atoms with van der Waals surface area (Å²) in [5, 5.41) is 2.26. The maximum atomic E-state index is 10.00. The van der Waals surface area contributed by atoms with Gasteiger partial charge in [0.25, 0.3) is 0 Å². The molecular formula is C65H45N. The molecule has 310 valence electrons. The molecule has 0 fully saturated rings. The predicted molar refractivity (Wildman–Crippen MR) is 278 cm³/mol. The molecule has 0 saturated heterocycles. The maximum Gasteiger partial charge on any atom is 0.0714 e. The van der Waals surface area contributed by atoms with E-state index in [4.69, 9.17) is 0 Å². The summed E-state index contributed by atoms with van der Waals surface area (Å²) in [6, 6.07) is 85.3. The lowest BCUT2D eigenvalue weighted by Crippen LogP contribution is -2.28. The Morgan fingerprint density at radius 2 is 0.773 bits per heavy atom. The maximum absolute atomic E-state index is 10.00. The van der Waals surface area contributed by atoms with Gasteiger partial charge in [-0.25, -0.2) is 0 Å². The lowest BCUT2D eigenvalue weighted by molar-refractivity contribution is 0.768. The van der Waals surface area contributed by atoms with Crippen molar-refractivity contribution in [1.82, 2.24) is 0 Å². The van der Waals surface area contributed by atoms with E-state index in [-0.39, 0.29) is 35.4 Å². The predicted octanol–water partition coefficient (Wildman–Crippen LogP) is 17.3. The van der Waals surface area contributed by atoms with Gasteiger partial charge in [-0.1, -0.05) is 224 Å². The van der Waals surface area contributed by atoms with Crippen molar-refractivity contribution in [2.75, 3.05) is 4.90 Å². The van der Waals surface area contributed by atoms with Gasteiger partial charge in [-0.05, 0) is 132 Å². The highest BCUT2D eigenvalue weighted by atomic mass is 15.1. The fraction of sp³-hybridized carbons (Fsp3) is 0.0154. The van der Waals surface area contributed by atoms with Crippen LogP contribution in [0.2, 0.25) is 0 Å². The second-order valence-corrected chi connectivity index (χ2v) is 16.9. The van der Waals surface area contributed by atoms with Crippen LogP contribution in [0.15, 0.2) is 273 Å². The quantitative estimate of drug-likeness (QED) is 0.140. The van der Waals surface area contributed by atoms with E-state index in [1.165, 1.54) is 0 Å². The Hall–Kier alpha value is -8.52. The molecule has 0 N–H and O–H groups in total. The summed E-state index contributed by atoms with van der Waals surface area (Å²) in [4.78, 5) is 1.96. The van der Waals surface area contributed by atoms with Crippen LogP contribution in [0.25, 0.3) is 66.4 Å². The van der Waals surface area contributed by atoms with Gasteiger partial charge in [0.15, 0.2) is 0 Å². The molecule has 1 aliphatic carbocycles. The van der Waals surface area contributed by atoms with Gasteiger partial charge in [-0.15, -0.1) is 0 Å². The highest BCUT2D eigenvalue weighted by molar-refractivity contribution is 5.98. The normalized spacial score (nSPS) is 13.2. The van der Waals surface area contributed by atoms with Crippen LogP contribution in [-0.4, -0.2) is 0 Å². The van der Waals surface area contributed by atoms with Crippen molar-refractivity contribution < 1.29 is 5.48 Å². The summed E-state index contributed by atoms with van der Waals surface area (Å²) in [6.07, 6.45) is 0. The lowest BCUT2D eigenvalue weighted by atomic mass is 9.68. The van der Waals surface area contributed by atoms with Crippen molar-refractivity contribution in [3.8, 4) is 55.6 Å². The van der Waals surface area contributed by atoms with Gasteiger partial charge in [0.05, 0.1) is 16.6 Å². The third kappa shape index (κ3) is 6.73. The van der Waals surface area contributed by atoms with Crippen LogP contribution in [0.4, 0.5) is 17.1 Å². The largest absolute Gasteiger partial charge is 0.310 e. The topological polar surface area (TPSA) is 3.24 Å². The molecule has 0 bridgehead atoms. The molecule has 0 saturated carbocycles. The minimum Gasteiger partial charge on any atom is -0.310 e. The molecule has 0 spiro atoms. The number of benzene rings is 11. The Bertz CT molecular complexity index is 3690. The van der Waals surface area contributed by atoms with Crippen LogP contribution >= 0.6 is 0 Å². The first-order valence-corrected chi connectivity index (χ1v) is 22.5. The van der Waals surface area contributed by atoms with E-state index in [0.29, 0.717) is 11.3 Å². The molecule has 0 unspecified atom stereocenters. The summed E-state index contributed by atoms with van der Waals surface area (Å²) in [7, 11) is 0. The SMILES string of the molecule is [2H]c1c([2H])c(N(c2ccc(-c3cccc(-c4ccccc4)c3)cc2)c2cccc3c2-c2ccccc2C3(c2ccccc2)c2ccccc2)c([2H])c([2H])c1-c1cccc(-c2ccc3ccccc3c2)c1. The molecular weight excluding hydrogens is 795 g/mol. The Balaban J connectivity index is 1.07. The summed E-state index contributed by atoms with van der Waals surface area (Å²) in [6.45, 7) is 0. The van der Waals surface area contributed by atoms with Gasteiger partial charge in [0, 0.05) is 16.9 Å². The number of fused-ring (bicyclic) bond motifs is 4. The molecule has 66 heavy (non-hydrogen) atoms. The van der Waals surface area contributed by atoms with Gasteiger partial charge in [0.1, 0.15) is 0 Å². The molecule has 0 radical (unpaired) electrons. The smallest absolute Gasteiger partial charge is 0.0714 e. The van der Waals surface area contributed by atoms with Gasteiger partial charge >= 0.3 is 0 Å². The summed E-state index contributed by atoms with van der Waals surface area (Å²) < 4.78 is 39.6. The number of nitrogens with zero attached hydrogens (tertiary/aromatic N) is 1. The second kappa shape index (κ2) is 16.6. The molecule has 0 aromatic heterocycles. The van der Waals surface area contributed by atoms with Crippen LogP contribution in [-0.2, 0) is 5.41 Å². The van der Waals surface area contributed by atoms with Crippen molar-refractivity contribution in [2.24, 2.45) is 0 Å². The van der Waals surface area contributed by atoms with E-state index in [9.17, 15) is 5.48 Å². The monoisotopic (exact) mass is 843 g/mol. The van der Waals surface area contributed by atoms with E-state index in [0.717, 1.165) is 83.2 Å².